The number of hydrogen-bond acceptors (Lipinski definition) is 3. The maximum absolute atomic E-state index is 11.7. The summed E-state index contributed by atoms with van der Waals surface area (Å²) in [4.78, 5) is 11.7. The van der Waals surface area contributed by atoms with Crippen molar-refractivity contribution in [2.24, 2.45) is 0 Å². The summed E-state index contributed by atoms with van der Waals surface area (Å²) in [5, 5.41) is 0. The lowest BCUT2D eigenvalue weighted by atomic mass is 10.1. The quantitative estimate of drug-likeness (QED) is 0.456. The van der Waals surface area contributed by atoms with Gasteiger partial charge in [-0.2, -0.15) is 0 Å². The third kappa shape index (κ3) is 6.60. The molecule has 1 aromatic rings. The highest BCUT2D eigenvalue weighted by Gasteiger charge is 2.16. The van der Waals surface area contributed by atoms with Gasteiger partial charge in [0.05, 0.1) is 6.61 Å². The molecule has 0 amide bonds. The summed E-state index contributed by atoms with van der Waals surface area (Å²) in [7, 11) is 0. The number of carbonyl (C=O) groups excluding carboxylic acids is 1. The first-order valence-corrected chi connectivity index (χ1v) is 7.66. The summed E-state index contributed by atoms with van der Waals surface area (Å²) in [6, 6.07) is 9.83. The Balaban J connectivity index is 2.36. The molecule has 0 radical (unpaired) electrons. The number of rotatable bonds is 9. The first-order chi connectivity index (χ1) is 9.77. The van der Waals surface area contributed by atoms with Crippen LogP contribution in [0.15, 0.2) is 30.3 Å². The van der Waals surface area contributed by atoms with Crippen molar-refractivity contribution in [3.05, 3.63) is 35.9 Å². The van der Waals surface area contributed by atoms with Crippen LogP contribution in [0.3, 0.4) is 0 Å². The van der Waals surface area contributed by atoms with E-state index in [1.54, 1.807) is 0 Å². The zero-order valence-corrected chi connectivity index (χ0v) is 12.6. The van der Waals surface area contributed by atoms with E-state index in [4.69, 9.17) is 9.47 Å². The summed E-state index contributed by atoms with van der Waals surface area (Å²) in [6.07, 6.45) is 5.39. The van der Waals surface area contributed by atoms with Crippen LogP contribution in [-0.4, -0.2) is 12.8 Å². The molecule has 1 atom stereocenters. The van der Waals surface area contributed by atoms with Crippen molar-refractivity contribution in [2.75, 3.05) is 6.61 Å². The van der Waals surface area contributed by atoms with Crippen molar-refractivity contribution in [3.8, 4) is 0 Å². The Bertz CT molecular complexity index is 362. The normalized spacial score (nSPS) is 11.9. The third-order valence-corrected chi connectivity index (χ3v) is 3.18. The Morgan fingerprint density at radius 1 is 1.05 bits per heavy atom. The van der Waals surface area contributed by atoms with Crippen molar-refractivity contribution >= 4 is 6.16 Å². The number of unbranched alkanes of at least 4 members (excludes halogenated alkanes) is 3. The number of ether oxygens (including phenoxy) is 2. The van der Waals surface area contributed by atoms with Gasteiger partial charge in [-0.15, -0.1) is 0 Å². The molecule has 0 N–H and O–H groups in total. The summed E-state index contributed by atoms with van der Waals surface area (Å²) in [5.74, 6) is 0. The van der Waals surface area contributed by atoms with Crippen LogP contribution in [-0.2, 0) is 9.47 Å². The smallest absolute Gasteiger partial charge is 0.434 e. The van der Waals surface area contributed by atoms with E-state index < -0.39 is 6.16 Å². The fraction of sp³-hybridized carbons (Fsp3) is 0.588. The Hall–Kier alpha value is -1.51. The van der Waals surface area contributed by atoms with E-state index in [0.29, 0.717) is 6.61 Å². The Kier molecular flexibility index (Phi) is 8.52. The molecule has 0 aliphatic rings. The van der Waals surface area contributed by atoms with Crippen LogP contribution in [0.4, 0.5) is 4.79 Å². The summed E-state index contributed by atoms with van der Waals surface area (Å²) in [5.41, 5.74) is 1.03. The van der Waals surface area contributed by atoms with Gasteiger partial charge < -0.3 is 9.47 Å². The Morgan fingerprint density at radius 2 is 1.80 bits per heavy atom. The second-order valence-corrected chi connectivity index (χ2v) is 4.96. The van der Waals surface area contributed by atoms with Crippen LogP contribution in [0.2, 0.25) is 0 Å². The minimum Gasteiger partial charge on any atom is -0.434 e. The monoisotopic (exact) mass is 278 g/mol. The maximum atomic E-state index is 11.7. The minimum absolute atomic E-state index is 0.204. The fourth-order valence-corrected chi connectivity index (χ4v) is 2.06. The van der Waals surface area contributed by atoms with Gasteiger partial charge in [0.2, 0.25) is 0 Å². The Labute approximate surface area is 122 Å². The lowest BCUT2D eigenvalue weighted by Gasteiger charge is -2.17. The second kappa shape index (κ2) is 10.3. The topological polar surface area (TPSA) is 35.5 Å². The summed E-state index contributed by atoms with van der Waals surface area (Å²) >= 11 is 0. The lowest BCUT2D eigenvalue weighted by molar-refractivity contribution is 0.0188. The molecule has 112 valence electrons. The van der Waals surface area contributed by atoms with E-state index in [1.165, 1.54) is 12.8 Å². The molecule has 0 aliphatic carbocycles. The van der Waals surface area contributed by atoms with Gasteiger partial charge in [-0.1, -0.05) is 69.9 Å². The largest absolute Gasteiger partial charge is 0.508 e. The van der Waals surface area contributed by atoms with Gasteiger partial charge in [0.15, 0.2) is 0 Å². The van der Waals surface area contributed by atoms with Crippen molar-refractivity contribution in [1.29, 1.82) is 0 Å². The van der Waals surface area contributed by atoms with Crippen LogP contribution in [0.5, 0.6) is 0 Å². The highest BCUT2D eigenvalue weighted by atomic mass is 16.7. The second-order valence-electron chi connectivity index (χ2n) is 4.96. The lowest BCUT2D eigenvalue weighted by Crippen LogP contribution is -2.13. The molecule has 1 rings (SSSR count). The molecule has 3 heteroatoms. The molecular weight excluding hydrogens is 252 g/mol. The number of benzene rings is 1. The van der Waals surface area contributed by atoms with Gasteiger partial charge in [-0.25, -0.2) is 4.79 Å². The first-order valence-electron chi connectivity index (χ1n) is 7.66. The van der Waals surface area contributed by atoms with Crippen molar-refractivity contribution in [1.82, 2.24) is 0 Å². The minimum atomic E-state index is -0.552. The Morgan fingerprint density at radius 3 is 2.45 bits per heavy atom. The average molecular weight is 278 g/mol. The third-order valence-electron chi connectivity index (χ3n) is 3.18. The van der Waals surface area contributed by atoms with Crippen LogP contribution in [0.25, 0.3) is 0 Å². The highest BCUT2D eigenvalue weighted by molar-refractivity contribution is 5.60. The molecule has 0 bridgehead atoms. The molecule has 0 aromatic heterocycles. The van der Waals surface area contributed by atoms with E-state index in [2.05, 4.69) is 13.8 Å². The van der Waals surface area contributed by atoms with Gasteiger partial charge in [0.1, 0.15) is 6.10 Å². The van der Waals surface area contributed by atoms with Crippen LogP contribution in [0.1, 0.15) is 64.0 Å². The molecule has 1 aromatic carbocycles. The van der Waals surface area contributed by atoms with Crippen LogP contribution < -0.4 is 0 Å². The van der Waals surface area contributed by atoms with Gasteiger partial charge >= 0.3 is 6.16 Å². The van der Waals surface area contributed by atoms with E-state index in [-0.39, 0.29) is 6.10 Å². The van der Waals surface area contributed by atoms with Gasteiger partial charge in [-0.3, -0.25) is 0 Å². The van der Waals surface area contributed by atoms with Crippen molar-refractivity contribution < 1.29 is 14.3 Å². The van der Waals surface area contributed by atoms with E-state index >= 15 is 0 Å². The highest BCUT2D eigenvalue weighted by Crippen LogP contribution is 2.23. The molecule has 0 fully saturated rings. The number of hydrogen-bond donors (Lipinski definition) is 0. The first kappa shape index (κ1) is 16.5. The van der Waals surface area contributed by atoms with Crippen molar-refractivity contribution in [2.45, 2.75) is 58.5 Å². The predicted molar refractivity (Wildman–Crippen MR) is 80.7 cm³/mol. The van der Waals surface area contributed by atoms with Gasteiger partial charge in [0.25, 0.3) is 0 Å². The SMILES string of the molecule is CCCCCCOC(=O)OC(CCC)c1ccccc1. The molecule has 0 saturated heterocycles. The molecule has 0 spiro atoms. The molecule has 3 nitrogen and oxygen atoms in total. The molecule has 1 unspecified atom stereocenters. The molecule has 20 heavy (non-hydrogen) atoms. The zero-order valence-electron chi connectivity index (χ0n) is 12.6. The number of carbonyl (C=O) groups is 1. The molecule has 0 heterocycles. The van der Waals surface area contributed by atoms with Crippen molar-refractivity contribution in [3.63, 3.8) is 0 Å². The van der Waals surface area contributed by atoms with Crippen LogP contribution in [0, 0.1) is 0 Å². The van der Waals surface area contributed by atoms with Crippen LogP contribution >= 0.6 is 0 Å². The summed E-state index contributed by atoms with van der Waals surface area (Å²) in [6.45, 7) is 4.69. The van der Waals surface area contributed by atoms with E-state index in [0.717, 1.165) is 31.2 Å². The molecule has 0 saturated carbocycles. The summed E-state index contributed by atoms with van der Waals surface area (Å²) < 4.78 is 10.5. The van der Waals surface area contributed by atoms with E-state index in [1.807, 2.05) is 30.3 Å². The van der Waals surface area contributed by atoms with Gasteiger partial charge in [0, 0.05) is 0 Å². The molecule has 0 aliphatic heterocycles. The van der Waals surface area contributed by atoms with E-state index in [9.17, 15) is 4.79 Å². The average Bonchev–Trinajstić information content (AvgIpc) is 2.47. The molecular formula is C17H26O3. The fourth-order valence-electron chi connectivity index (χ4n) is 2.06. The van der Waals surface area contributed by atoms with Gasteiger partial charge in [-0.05, 0) is 18.4 Å². The zero-order chi connectivity index (χ0) is 14.6. The predicted octanol–water partition coefficient (Wildman–Crippen LogP) is 5.26. The maximum Gasteiger partial charge on any atom is 0.508 e. The standard InChI is InChI=1S/C17H26O3/c1-3-5-6-10-14-19-17(18)20-16(11-4-2)15-12-8-7-9-13-15/h7-9,12-13,16H,3-6,10-11,14H2,1-2H3.